The molecule has 2 nitrogen and oxygen atoms in total. The van der Waals surface area contributed by atoms with Gasteiger partial charge in [0.25, 0.3) is 0 Å². The highest BCUT2D eigenvalue weighted by Crippen LogP contribution is 1.72. The van der Waals surface area contributed by atoms with Crippen molar-refractivity contribution in [3.05, 3.63) is 36.7 Å². The molecule has 0 radical (unpaired) electrons. The molecule has 42 valence electrons. The van der Waals surface area contributed by atoms with Crippen molar-refractivity contribution in [2.24, 2.45) is 0 Å². The zero-order chi connectivity index (χ0) is 6.53. The van der Waals surface area contributed by atoms with Gasteiger partial charge in [0.15, 0.2) is 1.41 Å². The van der Waals surface area contributed by atoms with Crippen molar-refractivity contribution in [1.82, 2.24) is 10.2 Å². The van der Waals surface area contributed by atoms with Gasteiger partial charge in [-0.25, -0.2) is 0 Å². The molecule has 1 rings (SSSR count). The van der Waals surface area contributed by atoms with Crippen molar-refractivity contribution < 1.29 is 1.41 Å². The van der Waals surface area contributed by atoms with Gasteiger partial charge >= 0.3 is 0 Å². The van der Waals surface area contributed by atoms with Gasteiger partial charge in [-0.3, -0.25) is 0 Å². The fourth-order valence-electron chi connectivity index (χ4n) is 0.406. The van der Waals surface area contributed by atoms with Crippen molar-refractivity contribution >= 4 is 0 Å². The molecule has 0 aromatic carbocycles. The van der Waals surface area contributed by atoms with Crippen molar-refractivity contribution in [1.29, 1.82) is 0 Å². The third kappa shape index (κ3) is 1.51. The van der Waals surface area contributed by atoms with Gasteiger partial charge in [-0.2, -0.15) is 0 Å². The summed E-state index contributed by atoms with van der Waals surface area (Å²) in [6, 6.07) is 7.35. The van der Waals surface area contributed by atoms with E-state index in [0.717, 1.165) is 5.09 Å². The standard InChI is InChI=1S/C6H8N2/c1-2-4-6-8-7-5-3-1/h1-8H/i/hD. The first-order valence-corrected chi connectivity index (χ1v) is 2.44. The Morgan fingerprint density at radius 2 is 1.75 bits per heavy atom. The van der Waals surface area contributed by atoms with Crippen LogP contribution in [0.4, 0.5) is 0 Å². The van der Waals surface area contributed by atoms with Crippen LogP contribution in [-0.4, -0.2) is 10.2 Å². The lowest BCUT2D eigenvalue weighted by atomic mass is 10.5. The SMILES string of the molecule is [2H]n1cccccc[nH]1. The molecule has 0 spiro atoms. The van der Waals surface area contributed by atoms with Crippen LogP contribution >= 0.6 is 0 Å². The highest BCUT2D eigenvalue weighted by Gasteiger charge is 1.55. The van der Waals surface area contributed by atoms with Crippen molar-refractivity contribution in [3.63, 3.8) is 0 Å². The van der Waals surface area contributed by atoms with Gasteiger partial charge in [-0.1, -0.05) is 12.1 Å². The predicted molar refractivity (Wildman–Crippen MR) is 32.8 cm³/mol. The van der Waals surface area contributed by atoms with Gasteiger partial charge < -0.3 is 10.2 Å². The van der Waals surface area contributed by atoms with Gasteiger partial charge in [0, 0.05) is 12.4 Å². The van der Waals surface area contributed by atoms with E-state index in [1.807, 2.05) is 18.2 Å². The molecule has 0 amide bonds. The molecule has 0 saturated heterocycles. The average Bonchev–Trinajstić information content (AvgIpc) is 1.79. The minimum atomic E-state index is 1.12. The lowest BCUT2D eigenvalue weighted by molar-refractivity contribution is 1.04. The van der Waals surface area contributed by atoms with E-state index in [4.69, 9.17) is 1.41 Å². The summed E-state index contributed by atoms with van der Waals surface area (Å²) in [6.45, 7) is 0. The van der Waals surface area contributed by atoms with Crippen LogP contribution in [0.25, 0.3) is 0 Å². The van der Waals surface area contributed by atoms with E-state index < -0.39 is 0 Å². The van der Waals surface area contributed by atoms with Crippen LogP contribution in [0.15, 0.2) is 36.7 Å². The molecule has 8 heavy (non-hydrogen) atoms. The molecule has 0 unspecified atom stereocenters. The van der Waals surface area contributed by atoms with Crippen molar-refractivity contribution in [2.75, 3.05) is 0 Å². The Labute approximate surface area is 49.3 Å². The molecule has 1 aromatic heterocycles. The third-order valence-corrected chi connectivity index (χ3v) is 0.739. The van der Waals surface area contributed by atoms with Crippen molar-refractivity contribution in [2.45, 2.75) is 0 Å². The third-order valence-electron chi connectivity index (χ3n) is 0.739. The Morgan fingerprint density at radius 3 is 2.62 bits per heavy atom. The fraction of sp³-hybridized carbons (Fsp3) is 0. The number of hydrogen-bond donors (Lipinski definition) is 2. The zero-order valence-electron chi connectivity index (χ0n) is 5.41. The van der Waals surface area contributed by atoms with Gasteiger partial charge in [0.05, 0.1) is 0 Å². The highest BCUT2D eigenvalue weighted by molar-refractivity contribution is 4.87. The molecule has 1 aromatic rings. The maximum atomic E-state index is 7.06. The monoisotopic (exact) mass is 109 g/mol. The molecule has 0 aliphatic carbocycles. The van der Waals surface area contributed by atoms with E-state index in [1.165, 1.54) is 0 Å². The van der Waals surface area contributed by atoms with Gasteiger partial charge in [0.1, 0.15) is 0 Å². The van der Waals surface area contributed by atoms with E-state index in [1.54, 1.807) is 18.5 Å². The summed E-state index contributed by atoms with van der Waals surface area (Å²) in [7, 11) is 0. The summed E-state index contributed by atoms with van der Waals surface area (Å²) in [6.07, 6.45) is 3.30. The molecule has 1 heterocycles. The van der Waals surface area contributed by atoms with E-state index >= 15 is 0 Å². The van der Waals surface area contributed by atoms with Gasteiger partial charge in [0.2, 0.25) is 0 Å². The van der Waals surface area contributed by atoms with E-state index in [-0.39, 0.29) is 0 Å². The largest absolute Gasteiger partial charge is 0.309 e. The van der Waals surface area contributed by atoms with Crippen LogP contribution in [0.3, 0.4) is 0 Å². The number of aromatic nitrogens is 2. The average molecular weight is 109 g/mol. The Morgan fingerprint density at radius 1 is 1.00 bits per heavy atom. The molecule has 0 bridgehead atoms. The molecular weight excluding hydrogens is 100 g/mol. The Kier molecular flexibility index (Phi) is 1.37. The van der Waals surface area contributed by atoms with Crippen LogP contribution in [0.2, 0.25) is 1.41 Å². The first kappa shape index (κ1) is 3.78. The number of nitrogens with one attached hydrogen (secondary N) is 2. The number of rotatable bonds is 0. The number of aromatic amines is 2. The van der Waals surface area contributed by atoms with E-state index in [0.29, 0.717) is 0 Å². The lowest BCUT2D eigenvalue weighted by Crippen LogP contribution is -1.67. The molecule has 0 aliphatic rings. The van der Waals surface area contributed by atoms with E-state index in [9.17, 15) is 0 Å². The minimum absolute atomic E-state index is 1.12. The second-order valence-electron chi connectivity index (χ2n) is 1.34. The van der Waals surface area contributed by atoms with E-state index in [2.05, 4.69) is 5.10 Å². The minimum Gasteiger partial charge on any atom is -0.309 e. The number of H-pyrrole nitrogens is 2. The summed E-state index contributed by atoms with van der Waals surface area (Å²) in [5, 5.41) is 3.79. The van der Waals surface area contributed by atoms with Gasteiger partial charge in [-0.05, 0) is 12.1 Å². The summed E-state index contributed by atoms with van der Waals surface area (Å²) in [5.74, 6) is 0. The highest BCUT2D eigenvalue weighted by atomic mass is 15.1. The first-order chi connectivity index (χ1) is 4.39. The molecule has 0 saturated carbocycles. The summed E-state index contributed by atoms with van der Waals surface area (Å²) >= 11 is 0. The van der Waals surface area contributed by atoms with Crippen LogP contribution in [0.1, 0.15) is 0 Å². The molecule has 2 heteroatoms. The Balaban J connectivity index is 3.08. The molecule has 0 aliphatic heterocycles. The first-order valence-electron chi connectivity index (χ1n) is 2.88. The fourth-order valence-corrected chi connectivity index (χ4v) is 0.406. The molecule has 2 N–H and O–H groups in total. The maximum absolute atomic E-state index is 7.06. The normalized spacial score (nSPS) is 9.75. The maximum Gasteiger partial charge on any atom is 0.187 e. The second kappa shape index (κ2) is 2.91. The molecule has 0 atom stereocenters. The Hall–Kier alpha value is -1.18. The quantitative estimate of drug-likeness (QED) is 0.505. The van der Waals surface area contributed by atoms with Crippen LogP contribution in [0.5, 0.6) is 0 Å². The van der Waals surface area contributed by atoms with Crippen LogP contribution in [-0.2, 0) is 0 Å². The van der Waals surface area contributed by atoms with Crippen LogP contribution in [0, 0.1) is 0 Å². The van der Waals surface area contributed by atoms with Crippen LogP contribution < -0.4 is 0 Å². The second-order valence-corrected chi connectivity index (χ2v) is 1.34. The lowest BCUT2D eigenvalue weighted by Gasteiger charge is -1.75. The van der Waals surface area contributed by atoms with Crippen molar-refractivity contribution in [3.8, 4) is 0 Å². The van der Waals surface area contributed by atoms with Gasteiger partial charge in [-0.15, -0.1) is 0 Å². The number of hydrogen-bond acceptors (Lipinski definition) is 0. The zero-order valence-corrected chi connectivity index (χ0v) is 4.41. The molecule has 0 fully saturated rings. The summed E-state index contributed by atoms with van der Waals surface area (Å²) < 4.78 is 7.06. The summed E-state index contributed by atoms with van der Waals surface area (Å²) in [4.78, 5) is 0. The Bertz CT molecular complexity index is 193. The molecular formula is C6H8N2. The topological polar surface area (TPSA) is 31.6 Å². The summed E-state index contributed by atoms with van der Waals surface area (Å²) in [5.41, 5.74) is 0. The smallest absolute Gasteiger partial charge is 0.187 e. The predicted octanol–water partition coefficient (Wildman–Crippen LogP) is 1.47.